The third-order valence-electron chi connectivity index (χ3n) is 5.14. The van der Waals surface area contributed by atoms with Crippen molar-refractivity contribution < 1.29 is 13.2 Å². The maximum absolute atomic E-state index is 11.9. The Morgan fingerprint density at radius 1 is 1.14 bits per heavy atom. The van der Waals surface area contributed by atoms with Gasteiger partial charge in [0.15, 0.2) is 5.96 Å². The largest absolute Gasteiger partial charge is 0.379 e. The number of hydrogen-bond donors (Lipinski definition) is 2. The minimum atomic E-state index is -3.05. The first-order chi connectivity index (χ1) is 13.6. The fourth-order valence-electron chi connectivity index (χ4n) is 3.53. The zero-order valence-corrected chi connectivity index (χ0v) is 20.1. The van der Waals surface area contributed by atoms with Crippen molar-refractivity contribution in [3.8, 4) is 0 Å². The van der Waals surface area contributed by atoms with Crippen molar-refractivity contribution in [1.29, 1.82) is 0 Å². The predicted molar refractivity (Wildman–Crippen MR) is 126 cm³/mol. The summed E-state index contributed by atoms with van der Waals surface area (Å²) in [6, 6.07) is 8.42. The van der Waals surface area contributed by atoms with E-state index in [2.05, 4.69) is 38.7 Å². The summed E-state index contributed by atoms with van der Waals surface area (Å²) >= 11 is 0. The molecular weight excluding hydrogens is 505 g/mol. The van der Waals surface area contributed by atoms with E-state index in [0.717, 1.165) is 39.3 Å². The average Bonchev–Trinajstić information content (AvgIpc) is 3.04. The number of benzene rings is 1. The summed E-state index contributed by atoms with van der Waals surface area (Å²) in [5.74, 6) is 0.942. The number of aliphatic imine (C=N–C) groups is 1. The van der Waals surface area contributed by atoms with Gasteiger partial charge in [-0.3, -0.25) is 9.89 Å². The molecular formula is C19H32IN5O3S. The van der Waals surface area contributed by atoms with Crippen LogP contribution in [0.5, 0.6) is 0 Å². The second-order valence-corrected chi connectivity index (χ2v) is 9.17. The molecule has 0 unspecified atom stereocenters. The highest BCUT2D eigenvalue weighted by Gasteiger charge is 2.27. The molecule has 2 N–H and O–H groups in total. The third kappa shape index (κ3) is 7.35. The van der Waals surface area contributed by atoms with Gasteiger partial charge < -0.3 is 15.4 Å². The predicted octanol–water partition coefficient (Wildman–Crippen LogP) is 0.837. The zero-order chi connectivity index (χ0) is 19.8. The van der Waals surface area contributed by atoms with Gasteiger partial charge in [-0.1, -0.05) is 24.3 Å². The number of morpholine rings is 1. The van der Waals surface area contributed by atoms with Crippen LogP contribution in [0.3, 0.4) is 0 Å². The van der Waals surface area contributed by atoms with Crippen molar-refractivity contribution in [2.24, 2.45) is 4.99 Å². The Morgan fingerprint density at radius 3 is 2.52 bits per heavy atom. The lowest BCUT2D eigenvalue weighted by Crippen LogP contribution is -2.41. The Balaban J connectivity index is 0.00000300. The quantitative estimate of drug-likeness (QED) is 0.305. The first-order valence-electron chi connectivity index (χ1n) is 9.88. The van der Waals surface area contributed by atoms with Crippen LogP contribution in [0.1, 0.15) is 17.5 Å². The summed E-state index contributed by atoms with van der Waals surface area (Å²) in [7, 11) is -1.32. The Kier molecular flexibility index (Phi) is 10.1. The number of guanidine groups is 1. The molecule has 1 aromatic carbocycles. The summed E-state index contributed by atoms with van der Waals surface area (Å²) in [5.41, 5.74) is 2.54. The standard InChI is InChI=1S/C19H31N5O3S.HI/c1-20-19(21-7-9-24-8-4-14-28(24,25)26)22-15-17-5-2-3-6-18(17)16-23-10-12-27-13-11-23;/h2-3,5-6H,4,7-16H2,1H3,(H2,20,21,22);1H. The molecule has 2 saturated heterocycles. The van der Waals surface area contributed by atoms with Crippen LogP contribution >= 0.6 is 24.0 Å². The van der Waals surface area contributed by atoms with E-state index in [-0.39, 0.29) is 29.7 Å². The molecule has 0 aromatic heterocycles. The molecule has 2 aliphatic rings. The molecule has 164 valence electrons. The number of hydrogen-bond acceptors (Lipinski definition) is 5. The molecule has 3 rings (SSSR count). The third-order valence-corrected chi connectivity index (χ3v) is 7.10. The highest BCUT2D eigenvalue weighted by molar-refractivity contribution is 14.0. The van der Waals surface area contributed by atoms with Crippen molar-refractivity contribution >= 4 is 40.0 Å². The van der Waals surface area contributed by atoms with Crippen molar-refractivity contribution in [3.05, 3.63) is 35.4 Å². The minimum absolute atomic E-state index is 0. The van der Waals surface area contributed by atoms with Gasteiger partial charge in [-0.15, -0.1) is 24.0 Å². The molecule has 0 atom stereocenters. The summed E-state index contributed by atoms with van der Waals surface area (Å²) in [6.45, 7) is 6.72. The smallest absolute Gasteiger partial charge is 0.214 e. The van der Waals surface area contributed by atoms with Crippen LogP contribution in [0.15, 0.2) is 29.3 Å². The highest BCUT2D eigenvalue weighted by Crippen LogP contribution is 2.13. The van der Waals surface area contributed by atoms with Crippen LogP contribution in [0.4, 0.5) is 0 Å². The van der Waals surface area contributed by atoms with Gasteiger partial charge in [0.1, 0.15) is 0 Å². The second kappa shape index (κ2) is 12.0. The number of rotatable bonds is 7. The highest BCUT2D eigenvalue weighted by atomic mass is 127. The number of halogens is 1. The lowest BCUT2D eigenvalue weighted by molar-refractivity contribution is 0.0341. The van der Waals surface area contributed by atoms with E-state index < -0.39 is 10.0 Å². The maximum Gasteiger partial charge on any atom is 0.214 e. The van der Waals surface area contributed by atoms with Crippen molar-refractivity contribution in [2.75, 3.05) is 58.7 Å². The molecule has 8 nitrogen and oxygen atoms in total. The summed E-state index contributed by atoms with van der Waals surface area (Å²) < 4.78 is 30.7. The number of nitrogens with one attached hydrogen (secondary N) is 2. The number of nitrogens with zero attached hydrogens (tertiary/aromatic N) is 3. The topological polar surface area (TPSA) is 86.3 Å². The van der Waals surface area contributed by atoms with Gasteiger partial charge in [-0.25, -0.2) is 12.7 Å². The summed E-state index contributed by atoms with van der Waals surface area (Å²) in [6.07, 6.45) is 0.717. The molecule has 0 aliphatic carbocycles. The number of sulfonamides is 1. The zero-order valence-electron chi connectivity index (χ0n) is 17.0. The summed E-state index contributed by atoms with van der Waals surface area (Å²) in [5, 5.41) is 6.55. The minimum Gasteiger partial charge on any atom is -0.379 e. The molecule has 2 aliphatic heterocycles. The molecule has 2 heterocycles. The van der Waals surface area contributed by atoms with Crippen LogP contribution in [0.2, 0.25) is 0 Å². The molecule has 0 amide bonds. The average molecular weight is 537 g/mol. The Bertz CT molecular complexity index is 769. The monoisotopic (exact) mass is 537 g/mol. The van der Waals surface area contributed by atoms with Crippen LogP contribution in [-0.2, 0) is 27.8 Å². The first kappa shape index (κ1) is 24.3. The van der Waals surface area contributed by atoms with E-state index in [0.29, 0.717) is 32.1 Å². The van der Waals surface area contributed by atoms with E-state index in [4.69, 9.17) is 4.74 Å². The van der Waals surface area contributed by atoms with Gasteiger partial charge in [-0.05, 0) is 17.5 Å². The maximum atomic E-state index is 11.9. The lowest BCUT2D eigenvalue weighted by atomic mass is 10.1. The lowest BCUT2D eigenvalue weighted by Gasteiger charge is -2.27. The molecule has 1 aromatic rings. The molecule has 2 fully saturated rings. The molecule has 29 heavy (non-hydrogen) atoms. The van der Waals surface area contributed by atoms with Crippen LogP contribution in [-0.4, -0.2) is 82.3 Å². The molecule has 0 spiro atoms. The van der Waals surface area contributed by atoms with E-state index in [1.54, 1.807) is 11.4 Å². The molecule has 0 radical (unpaired) electrons. The van der Waals surface area contributed by atoms with Gasteiger partial charge in [-0.2, -0.15) is 0 Å². The molecule has 0 bridgehead atoms. The summed E-state index contributed by atoms with van der Waals surface area (Å²) in [4.78, 5) is 6.66. The van der Waals surface area contributed by atoms with Gasteiger partial charge >= 0.3 is 0 Å². The fraction of sp³-hybridized carbons (Fsp3) is 0.632. The normalized spacial score (nSPS) is 20.2. The van der Waals surface area contributed by atoms with Gasteiger partial charge in [0, 0.05) is 52.9 Å². The molecule has 0 saturated carbocycles. The van der Waals surface area contributed by atoms with Gasteiger partial charge in [0.2, 0.25) is 10.0 Å². The van der Waals surface area contributed by atoms with E-state index in [1.807, 2.05) is 6.07 Å². The van der Waals surface area contributed by atoms with Gasteiger partial charge in [0.05, 0.1) is 19.0 Å². The fourth-order valence-corrected chi connectivity index (χ4v) is 5.05. The Morgan fingerprint density at radius 2 is 1.86 bits per heavy atom. The first-order valence-corrected chi connectivity index (χ1v) is 11.5. The second-order valence-electron chi connectivity index (χ2n) is 7.08. The Labute approximate surface area is 191 Å². The van der Waals surface area contributed by atoms with E-state index in [9.17, 15) is 8.42 Å². The van der Waals surface area contributed by atoms with Crippen LogP contribution < -0.4 is 10.6 Å². The van der Waals surface area contributed by atoms with E-state index in [1.165, 1.54) is 11.1 Å². The van der Waals surface area contributed by atoms with Crippen molar-refractivity contribution in [1.82, 2.24) is 19.8 Å². The van der Waals surface area contributed by atoms with Crippen LogP contribution in [0.25, 0.3) is 0 Å². The van der Waals surface area contributed by atoms with E-state index >= 15 is 0 Å². The Hall–Kier alpha value is -0.950. The molecule has 10 heteroatoms. The van der Waals surface area contributed by atoms with Crippen molar-refractivity contribution in [3.63, 3.8) is 0 Å². The number of ether oxygens (including phenoxy) is 1. The van der Waals surface area contributed by atoms with Gasteiger partial charge in [0.25, 0.3) is 0 Å². The SMILES string of the molecule is CN=C(NCCN1CCCS1(=O)=O)NCc1ccccc1CN1CCOCC1.I. The van der Waals surface area contributed by atoms with Crippen molar-refractivity contribution in [2.45, 2.75) is 19.5 Å². The van der Waals surface area contributed by atoms with Crippen LogP contribution in [0, 0.1) is 0 Å².